The van der Waals surface area contributed by atoms with Crippen LogP contribution in [0.5, 0.6) is 5.75 Å². The molecule has 23 heavy (non-hydrogen) atoms. The van der Waals surface area contributed by atoms with Crippen molar-refractivity contribution in [2.45, 2.75) is 19.6 Å². The first-order valence-corrected chi connectivity index (χ1v) is 6.46. The van der Waals surface area contributed by atoms with Gasteiger partial charge in [0.25, 0.3) is 0 Å². The fraction of sp³-hybridized carbons (Fsp3) is 0.231. The maximum absolute atomic E-state index is 12.3. The second kappa shape index (κ2) is 7.29. The lowest BCUT2D eigenvalue weighted by molar-refractivity contribution is -0.385. The van der Waals surface area contributed by atoms with Gasteiger partial charge in [0.15, 0.2) is 0 Å². The Bertz CT molecular complexity index is 705. The van der Waals surface area contributed by atoms with Crippen molar-refractivity contribution in [3.63, 3.8) is 0 Å². The number of benzene rings is 1. The third-order valence-electron chi connectivity index (χ3n) is 2.78. The molecule has 0 unspecified atom stereocenters. The van der Waals surface area contributed by atoms with Gasteiger partial charge in [0.2, 0.25) is 5.91 Å². The number of aryl methyl sites for hydroxylation is 1. The van der Waals surface area contributed by atoms with E-state index in [4.69, 9.17) is 0 Å². The summed E-state index contributed by atoms with van der Waals surface area (Å²) in [7, 11) is 0. The van der Waals surface area contributed by atoms with Gasteiger partial charge in [-0.25, -0.2) is 0 Å². The lowest BCUT2D eigenvalue weighted by Crippen LogP contribution is -2.16. The summed E-state index contributed by atoms with van der Waals surface area (Å²) in [5.41, 5.74) is -0.0645. The van der Waals surface area contributed by atoms with E-state index in [9.17, 15) is 23.7 Å². The molecule has 0 bridgehead atoms. The Morgan fingerprint density at radius 3 is 2.83 bits per heavy atom. The van der Waals surface area contributed by atoms with Crippen LogP contribution in [0.4, 0.5) is 20.2 Å². The van der Waals surface area contributed by atoms with Crippen LogP contribution in [0.25, 0.3) is 0 Å². The SMILES string of the molecule is O=C(CCn1cc([N+](=O)[O-])cn1)Nc1ccccc1OC(F)F. The van der Waals surface area contributed by atoms with Crippen LogP contribution in [0, 0.1) is 10.1 Å². The highest BCUT2D eigenvalue weighted by atomic mass is 19.3. The molecule has 0 aliphatic heterocycles. The zero-order valence-electron chi connectivity index (χ0n) is 11.7. The van der Waals surface area contributed by atoms with E-state index in [0.717, 1.165) is 6.20 Å². The van der Waals surface area contributed by atoms with Gasteiger partial charge < -0.3 is 10.1 Å². The van der Waals surface area contributed by atoms with Crippen LogP contribution in [0.1, 0.15) is 6.42 Å². The van der Waals surface area contributed by atoms with Crippen molar-refractivity contribution in [3.8, 4) is 5.75 Å². The minimum absolute atomic E-state index is 0.0398. The Kier molecular flexibility index (Phi) is 5.18. The number of ether oxygens (including phenoxy) is 1. The number of para-hydroxylation sites is 2. The number of aromatic nitrogens is 2. The average Bonchev–Trinajstić information content (AvgIpc) is 2.96. The molecule has 10 heteroatoms. The fourth-order valence-corrected chi connectivity index (χ4v) is 1.77. The Morgan fingerprint density at radius 1 is 1.43 bits per heavy atom. The Hall–Kier alpha value is -3.04. The third kappa shape index (κ3) is 4.73. The smallest absolute Gasteiger partial charge is 0.387 e. The van der Waals surface area contributed by atoms with Gasteiger partial charge in [0.05, 0.1) is 10.6 Å². The van der Waals surface area contributed by atoms with Crippen LogP contribution < -0.4 is 10.1 Å². The van der Waals surface area contributed by atoms with Crippen LogP contribution in [-0.4, -0.2) is 27.2 Å². The standard InChI is InChI=1S/C13H12F2N4O4/c14-13(15)23-11-4-2-1-3-10(11)17-12(20)5-6-18-8-9(7-16-18)19(21)22/h1-4,7-8,13H,5-6H2,(H,17,20). The molecule has 1 amide bonds. The van der Waals surface area contributed by atoms with Gasteiger partial charge in [-0.1, -0.05) is 12.1 Å². The largest absolute Gasteiger partial charge is 0.433 e. The summed E-state index contributed by atoms with van der Waals surface area (Å²) >= 11 is 0. The Labute approximate surface area is 128 Å². The summed E-state index contributed by atoms with van der Waals surface area (Å²) < 4.78 is 30.1. The van der Waals surface area contributed by atoms with Crippen LogP contribution >= 0.6 is 0 Å². The highest BCUT2D eigenvalue weighted by Crippen LogP contribution is 2.25. The zero-order valence-corrected chi connectivity index (χ0v) is 11.7. The van der Waals surface area contributed by atoms with E-state index in [0.29, 0.717) is 0 Å². The van der Waals surface area contributed by atoms with Crippen molar-refractivity contribution in [1.82, 2.24) is 9.78 Å². The van der Waals surface area contributed by atoms with E-state index in [2.05, 4.69) is 15.2 Å². The number of halogens is 2. The van der Waals surface area contributed by atoms with Crippen molar-refractivity contribution >= 4 is 17.3 Å². The van der Waals surface area contributed by atoms with Crippen LogP contribution in [0.2, 0.25) is 0 Å². The number of anilines is 1. The van der Waals surface area contributed by atoms with E-state index >= 15 is 0 Å². The first-order valence-electron chi connectivity index (χ1n) is 6.46. The molecular formula is C13H12F2N4O4. The first kappa shape index (κ1) is 16.3. The lowest BCUT2D eigenvalue weighted by Gasteiger charge is -2.11. The zero-order chi connectivity index (χ0) is 16.8. The van der Waals surface area contributed by atoms with E-state index in [1.54, 1.807) is 6.07 Å². The number of carbonyl (C=O) groups excluding carboxylic acids is 1. The molecule has 0 radical (unpaired) electrons. The van der Waals surface area contributed by atoms with E-state index in [1.165, 1.54) is 29.1 Å². The lowest BCUT2D eigenvalue weighted by atomic mass is 10.3. The predicted molar refractivity (Wildman–Crippen MR) is 75.2 cm³/mol. The highest BCUT2D eigenvalue weighted by Gasteiger charge is 2.13. The topological polar surface area (TPSA) is 99.3 Å². The molecule has 0 saturated heterocycles. The van der Waals surface area contributed by atoms with Crippen LogP contribution in [0.3, 0.4) is 0 Å². The average molecular weight is 326 g/mol. The minimum Gasteiger partial charge on any atom is -0.433 e. The Morgan fingerprint density at radius 2 is 2.17 bits per heavy atom. The Balaban J connectivity index is 1.93. The number of rotatable bonds is 7. The van der Waals surface area contributed by atoms with E-state index in [-0.39, 0.29) is 30.1 Å². The van der Waals surface area contributed by atoms with E-state index in [1.807, 2.05) is 0 Å². The summed E-state index contributed by atoms with van der Waals surface area (Å²) in [4.78, 5) is 21.8. The van der Waals surface area contributed by atoms with Gasteiger partial charge in [-0.05, 0) is 12.1 Å². The van der Waals surface area contributed by atoms with Gasteiger partial charge in [-0.3, -0.25) is 19.6 Å². The summed E-state index contributed by atoms with van der Waals surface area (Å²) in [5, 5.41) is 16.7. The van der Waals surface area contributed by atoms with Crippen molar-refractivity contribution in [3.05, 3.63) is 46.8 Å². The molecular weight excluding hydrogens is 314 g/mol. The molecule has 0 fully saturated rings. The normalized spacial score (nSPS) is 10.6. The van der Waals surface area contributed by atoms with Gasteiger partial charge >= 0.3 is 12.3 Å². The number of hydrogen-bond donors (Lipinski definition) is 1. The maximum atomic E-state index is 12.3. The molecule has 1 aromatic carbocycles. The molecule has 0 aliphatic carbocycles. The number of nitro groups is 1. The molecule has 1 N–H and O–H groups in total. The number of nitrogens with zero attached hydrogens (tertiary/aromatic N) is 3. The molecule has 0 aliphatic rings. The summed E-state index contributed by atoms with van der Waals surface area (Å²) in [6.45, 7) is -2.89. The first-order chi connectivity index (χ1) is 11.0. The van der Waals surface area contributed by atoms with Crippen molar-refractivity contribution < 1.29 is 23.2 Å². The number of carbonyl (C=O) groups is 1. The van der Waals surface area contributed by atoms with Gasteiger partial charge in [0.1, 0.15) is 18.1 Å². The quantitative estimate of drug-likeness (QED) is 0.622. The summed E-state index contributed by atoms with van der Waals surface area (Å²) in [6, 6.07) is 5.79. The number of hydrogen-bond acceptors (Lipinski definition) is 5. The monoisotopic (exact) mass is 326 g/mol. The molecule has 2 rings (SSSR count). The van der Waals surface area contributed by atoms with E-state index < -0.39 is 17.4 Å². The maximum Gasteiger partial charge on any atom is 0.387 e. The van der Waals surface area contributed by atoms with Crippen LogP contribution in [0.15, 0.2) is 36.7 Å². The van der Waals surface area contributed by atoms with Gasteiger partial charge in [-0.2, -0.15) is 13.9 Å². The number of amides is 1. The summed E-state index contributed by atoms with van der Waals surface area (Å²) in [6.07, 6.45) is 2.23. The predicted octanol–water partition coefficient (Wildman–Crippen LogP) is 2.42. The fourth-order valence-electron chi connectivity index (χ4n) is 1.77. The molecule has 1 aromatic heterocycles. The van der Waals surface area contributed by atoms with Crippen LogP contribution in [-0.2, 0) is 11.3 Å². The minimum atomic E-state index is -3.00. The van der Waals surface area contributed by atoms with Crippen molar-refractivity contribution in [2.24, 2.45) is 0 Å². The van der Waals surface area contributed by atoms with Gasteiger partial charge in [0, 0.05) is 13.0 Å². The van der Waals surface area contributed by atoms with Crippen molar-refractivity contribution in [1.29, 1.82) is 0 Å². The summed E-state index contributed by atoms with van der Waals surface area (Å²) in [5.74, 6) is -0.612. The molecule has 0 atom stereocenters. The molecule has 0 saturated carbocycles. The molecule has 8 nitrogen and oxygen atoms in total. The molecule has 2 aromatic rings. The second-order valence-corrected chi connectivity index (χ2v) is 4.39. The number of alkyl halides is 2. The third-order valence-corrected chi connectivity index (χ3v) is 2.78. The number of nitrogens with one attached hydrogen (secondary N) is 1. The molecule has 0 spiro atoms. The van der Waals surface area contributed by atoms with Gasteiger partial charge in [-0.15, -0.1) is 0 Å². The highest BCUT2D eigenvalue weighted by molar-refractivity contribution is 5.92. The molecule has 1 heterocycles. The van der Waals surface area contributed by atoms with Crippen molar-refractivity contribution in [2.75, 3.05) is 5.32 Å². The second-order valence-electron chi connectivity index (χ2n) is 4.39. The molecule has 122 valence electrons.